The van der Waals surface area contributed by atoms with Crippen molar-refractivity contribution in [3.8, 4) is 5.75 Å². The summed E-state index contributed by atoms with van der Waals surface area (Å²) in [5, 5.41) is 3.42. The number of rotatable bonds is 5. The second kappa shape index (κ2) is 6.35. The van der Waals surface area contributed by atoms with Crippen molar-refractivity contribution in [3.05, 3.63) is 30.1 Å². The first-order valence-corrected chi connectivity index (χ1v) is 6.92. The average Bonchev–Trinajstić information content (AvgIpc) is 2.38. The molecule has 2 rings (SSSR count). The van der Waals surface area contributed by atoms with E-state index in [9.17, 15) is 4.39 Å². The van der Waals surface area contributed by atoms with Gasteiger partial charge in [-0.15, -0.1) is 0 Å². The lowest BCUT2D eigenvalue weighted by Crippen LogP contribution is -2.58. The van der Waals surface area contributed by atoms with Crippen molar-refractivity contribution >= 4 is 0 Å². The van der Waals surface area contributed by atoms with Crippen LogP contribution in [0.2, 0.25) is 0 Å². The van der Waals surface area contributed by atoms with Crippen molar-refractivity contribution in [3.63, 3.8) is 0 Å². The van der Waals surface area contributed by atoms with Crippen molar-refractivity contribution < 1.29 is 9.13 Å². The molecule has 19 heavy (non-hydrogen) atoms. The first kappa shape index (κ1) is 14.3. The summed E-state index contributed by atoms with van der Waals surface area (Å²) in [6, 6.07) is 6.19. The highest BCUT2D eigenvalue weighted by Gasteiger charge is 2.28. The zero-order chi connectivity index (χ0) is 13.7. The van der Waals surface area contributed by atoms with Crippen molar-refractivity contribution in [2.75, 3.05) is 32.8 Å². The van der Waals surface area contributed by atoms with Crippen LogP contribution < -0.4 is 10.1 Å². The molecule has 0 aliphatic carbocycles. The van der Waals surface area contributed by atoms with Crippen molar-refractivity contribution in [2.45, 2.75) is 25.8 Å². The molecule has 1 aromatic rings. The molecule has 0 saturated carbocycles. The molecular weight excluding hydrogens is 243 g/mol. The minimum Gasteiger partial charge on any atom is -0.494 e. The van der Waals surface area contributed by atoms with Crippen LogP contribution in [0.4, 0.5) is 4.39 Å². The maximum absolute atomic E-state index is 12.7. The third-order valence-electron chi connectivity index (χ3n) is 3.63. The topological polar surface area (TPSA) is 24.5 Å². The van der Waals surface area contributed by atoms with Gasteiger partial charge in [0.2, 0.25) is 0 Å². The fourth-order valence-electron chi connectivity index (χ4n) is 2.41. The van der Waals surface area contributed by atoms with Gasteiger partial charge in [-0.1, -0.05) is 0 Å². The van der Waals surface area contributed by atoms with Gasteiger partial charge in [-0.25, -0.2) is 4.39 Å². The Morgan fingerprint density at radius 3 is 2.74 bits per heavy atom. The lowest BCUT2D eigenvalue weighted by Gasteiger charge is -2.42. The van der Waals surface area contributed by atoms with Gasteiger partial charge in [0.25, 0.3) is 0 Å². The van der Waals surface area contributed by atoms with E-state index >= 15 is 0 Å². The minimum atomic E-state index is -0.227. The first-order chi connectivity index (χ1) is 9.08. The quantitative estimate of drug-likeness (QED) is 0.828. The van der Waals surface area contributed by atoms with Crippen molar-refractivity contribution in [2.24, 2.45) is 0 Å². The molecule has 106 valence electrons. The molecule has 1 fully saturated rings. The molecule has 3 nitrogen and oxygen atoms in total. The molecule has 1 saturated heterocycles. The normalized spacial score (nSPS) is 19.3. The van der Waals surface area contributed by atoms with Gasteiger partial charge in [-0.2, -0.15) is 0 Å². The smallest absolute Gasteiger partial charge is 0.123 e. The van der Waals surface area contributed by atoms with Crippen LogP contribution in [0.15, 0.2) is 24.3 Å². The molecule has 0 amide bonds. The summed E-state index contributed by atoms with van der Waals surface area (Å²) in [5.74, 6) is 0.510. The molecule has 4 heteroatoms. The van der Waals surface area contributed by atoms with Crippen LogP contribution in [0.25, 0.3) is 0 Å². The van der Waals surface area contributed by atoms with Gasteiger partial charge in [-0.05, 0) is 44.5 Å². The van der Waals surface area contributed by atoms with E-state index in [0.717, 1.165) is 38.3 Å². The van der Waals surface area contributed by atoms with Gasteiger partial charge in [0.15, 0.2) is 0 Å². The second-order valence-electron chi connectivity index (χ2n) is 5.63. The molecule has 1 aliphatic rings. The molecule has 0 aromatic heterocycles. The lowest BCUT2D eigenvalue weighted by molar-refractivity contribution is 0.0842. The first-order valence-electron chi connectivity index (χ1n) is 6.92. The Bertz CT molecular complexity index is 392. The van der Waals surface area contributed by atoms with Gasteiger partial charge in [-0.3, -0.25) is 4.90 Å². The highest BCUT2D eigenvalue weighted by Crippen LogP contribution is 2.16. The number of piperazine rings is 1. The zero-order valence-electron chi connectivity index (χ0n) is 11.8. The molecular formula is C15H23FN2O. The van der Waals surface area contributed by atoms with Crippen LogP contribution >= 0.6 is 0 Å². The third-order valence-corrected chi connectivity index (χ3v) is 3.63. The lowest BCUT2D eigenvalue weighted by atomic mass is 10.00. The monoisotopic (exact) mass is 266 g/mol. The number of hydrogen-bond donors (Lipinski definition) is 1. The van der Waals surface area contributed by atoms with Gasteiger partial charge >= 0.3 is 0 Å². The average molecular weight is 266 g/mol. The Kier molecular flexibility index (Phi) is 4.77. The molecule has 1 heterocycles. The van der Waals surface area contributed by atoms with E-state index in [4.69, 9.17) is 4.74 Å². The molecule has 1 N–H and O–H groups in total. The molecule has 0 spiro atoms. The summed E-state index contributed by atoms with van der Waals surface area (Å²) in [4.78, 5) is 2.50. The Balaban J connectivity index is 1.70. The minimum absolute atomic E-state index is 0.216. The summed E-state index contributed by atoms with van der Waals surface area (Å²) in [6.45, 7) is 9.42. The molecule has 1 aromatic carbocycles. The van der Waals surface area contributed by atoms with E-state index in [1.54, 1.807) is 12.1 Å². The number of hydrogen-bond acceptors (Lipinski definition) is 3. The molecule has 1 aliphatic heterocycles. The fraction of sp³-hybridized carbons (Fsp3) is 0.600. The molecule has 0 atom stereocenters. The van der Waals surface area contributed by atoms with Gasteiger partial charge < -0.3 is 10.1 Å². The third kappa shape index (κ3) is 4.18. The molecule has 0 radical (unpaired) electrons. The molecule has 0 bridgehead atoms. The summed E-state index contributed by atoms with van der Waals surface area (Å²) < 4.78 is 18.3. The van der Waals surface area contributed by atoms with Crippen LogP contribution in [0.5, 0.6) is 5.75 Å². The Morgan fingerprint density at radius 1 is 1.32 bits per heavy atom. The van der Waals surface area contributed by atoms with E-state index in [0.29, 0.717) is 6.61 Å². The number of nitrogens with zero attached hydrogens (tertiary/aromatic N) is 1. The molecule has 0 unspecified atom stereocenters. The maximum Gasteiger partial charge on any atom is 0.123 e. The largest absolute Gasteiger partial charge is 0.494 e. The summed E-state index contributed by atoms with van der Waals surface area (Å²) >= 11 is 0. The highest BCUT2D eigenvalue weighted by atomic mass is 19.1. The van der Waals surface area contributed by atoms with E-state index in [1.165, 1.54) is 12.1 Å². The van der Waals surface area contributed by atoms with Crippen molar-refractivity contribution in [1.29, 1.82) is 0 Å². The van der Waals surface area contributed by atoms with Crippen LogP contribution in [0, 0.1) is 5.82 Å². The summed E-state index contributed by atoms with van der Waals surface area (Å²) in [5.41, 5.74) is 0.216. The van der Waals surface area contributed by atoms with Crippen LogP contribution in [-0.4, -0.2) is 43.2 Å². The van der Waals surface area contributed by atoms with E-state index in [1.807, 2.05) is 0 Å². The zero-order valence-corrected chi connectivity index (χ0v) is 11.8. The highest BCUT2D eigenvalue weighted by molar-refractivity contribution is 5.21. The van der Waals surface area contributed by atoms with Crippen LogP contribution in [-0.2, 0) is 0 Å². The van der Waals surface area contributed by atoms with Crippen LogP contribution in [0.3, 0.4) is 0 Å². The van der Waals surface area contributed by atoms with Crippen molar-refractivity contribution in [1.82, 2.24) is 10.2 Å². The predicted octanol–water partition coefficient (Wildman–Crippen LogP) is 2.28. The van der Waals surface area contributed by atoms with E-state index in [-0.39, 0.29) is 11.4 Å². The van der Waals surface area contributed by atoms with Gasteiger partial charge in [0.1, 0.15) is 11.6 Å². The number of ether oxygens (including phenoxy) is 1. The fourth-order valence-corrected chi connectivity index (χ4v) is 2.41. The van der Waals surface area contributed by atoms with E-state index in [2.05, 4.69) is 24.1 Å². The summed E-state index contributed by atoms with van der Waals surface area (Å²) in [7, 11) is 0. The number of benzene rings is 1. The Labute approximate surface area is 114 Å². The van der Waals surface area contributed by atoms with Gasteiger partial charge in [0, 0.05) is 31.7 Å². The standard InChI is InChI=1S/C15H23FN2O/c1-15(2)12-17-8-10-18(15)9-3-11-19-14-6-4-13(16)5-7-14/h4-7,17H,3,8-12H2,1-2H3. The Hall–Kier alpha value is -1.13. The SMILES string of the molecule is CC1(C)CNCCN1CCCOc1ccc(F)cc1. The Morgan fingerprint density at radius 2 is 2.05 bits per heavy atom. The van der Waals surface area contributed by atoms with Gasteiger partial charge in [0.05, 0.1) is 6.61 Å². The maximum atomic E-state index is 12.7. The number of nitrogens with one attached hydrogen (secondary N) is 1. The second-order valence-corrected chi connectivity index (χ2v) is 5.63. The number of halogens is 1. The van der Waals surface area contributed by atoms with E-state index < -0.39 is 0 Å². The predicted molar refractivity (Wildman–Crippen MR) is 75.0 cm³/mol. The van der Waals surface area contributed by atoms with Crippen LogP contribution in [0.1, 0.15) is 20.3 Å². The summed E-state index contributed by atoms with van der Waals surface area (Å²) in [6.07, 6.45) is 0.987.